The minimum absolute atomic E-state index is 0.239. The van der Waals surface area contributed by atoms with Crippen molar-refractivity contribution in [3.05, 3.63) is 49.1 Å². The van der Waals surface area contributed by atoms with E-state index in [0.717, 1.165) is 5.56 Å². The molecule has 0 radical (unpaired) electrons. The Morgan fingerprint density at radius 3 is 2.50 bits per heavy atom. The fraction of sp³-hybridized carbons (Fsp3) is 0.143. The summed E-state index contributed by atoms with van der Waals surface area (Å²) in [6.07, 6.45) is 0. The first-order chi connectivity index (χ1) is 10.4. The van der Waals surface area contributed by atoms with Gasteiger partial charge < -0.3 is 10.1 Å². The molecule has 0 saturated heterocycles. The van der Waals surface area contributed by atoms with Crippen LogP contribution in [-0.4, -0.2) is 18.5 Å². The number of nitrogens with one attached hydrogen (secondary N) is 1. The van der Waals surface area contributed by atoms with E-state index in [1.165, 1.54) is 23.5 Å². The van der Waals surface area contributed by atoms with Crippen molar-refractivity contribution in [2.75, 3.05) is 11.9 Å². The average Bonchev–Trinajstić information content (AvgIpc) is 2.88. The van der Waals surface area contributed by atoms with Crippen molar-refractivity contribution in [2.45, 2.75) is 6.92 Å². The van der Waals surface area contributed by atoms with Gasteiger partial charge in [0.2, 0.25) is 0 Å². The van der Waals surface area contributed by atoms with Crippen molar-refractivity contribution in [1.29, 1.82) is 0 Å². The number of thiophene rings is 1. The lowest BCUT2D eigenvalue weighted by molar-refractivity contribution is -0.119. The number of benzene rings is 1. The molecule has 0 aliphatic rings. The fourth-order valence-electron chi connectivity index (χ4n) is 1.58. The van der Waals surface area contributed by atoms with Crippen LogP contribution in [0.4, 0.5) is 5.69 Å². The van der Waals surface area contributed by atoms with E-state index in [9.17, 15) is 9.59 Å². The molecule has 2 aromatic rings. The Morgan fingerprint density at radius 2 is 1.86 bits per heavy atom. The highest BCUT2D eigenvalue weighted by Crippen LogP contribution is 2.32. The molecule has 8 heteroatoms. The smallest absolute Gasteiger partial charge is 0.349 e. The minimum atomic E-state index is -0.539. The van der Waals surface area contributed by atoms with Crippen LogP contribution in [0.5, 0.6) is 0 Å². The van der Waals surface area contributed by atoms with E-state index in [1.54, 1.807) is 18.4 Å². The maximum Gasteiger partial charge on any atom is 0.349 e. The second kappa shape index (κ2) is 7.33. The van der Waals surface area contributed by atoms with Crippen LogP contribution in [0.1, 0.15) is 15.2 Å². The first kappa shape index (κ1) is 17.1. The zero-order valence-electron chi connectivity index (χ0n) is 11.3. The van der Waals surface area contributed by atoms with Gasteiger partial charge >= 0.3 is 5.97 Å². The molecule has 0 bridgehead atoms. The molecule has 0 saturated carbocycles. The van der Waals surface area contributed by atoms with Crippen molar-refractivity contribution in [3.8, 4) is 0 Å². The third-order valence-electron chi connectivity index (χ3n) is 2.67. The number of ether oxygens (including phenoxy) is 1. The van der Waals surface area contributed by atoms with Crippen LogP contribution in [0.2, 0.25) is 15.1 Å². The number of esters is 1. The zero-order valence-corrected chi connectivity index (χ0v) is 14.4. The van der Waals surface area contributed by atoms with Gasteiger partial charge in [-0.15, -0.1) is 11.3 Å². The molecule has 1 heterocycles. The monoisotopic (exact) mass is 377 g/mol. The zero-order chi connectivity index (χ0) is 16.3. The molecule has 1 aromatic heterocycles. The van der Waals surface area contributed by atoms with Gasteiger partial charge in [0.25, 0.3) is 5.91 Å². The standard InChI is InChI=1S/C14H10Cl3NO3S/c1-7-2-3-22-13(7)14(20)21-6-12(19)18-11-5-9(16)8(15)4-10(11)17/h2-5H,6H2,1H3,(H,18,19). The normalized spacial score (nSPS) is 10.4. The fourth-order valence-corrected chi connectivity index (χ4v) is 2.99. The lowest BCUT2D eigenvalue weighted by Gasteiger charge is -2.09. The predicted molar refractivity (Wildman–Crippen MR) is 89.4 cm³/mol. The Bertz CT molecular complexity index is 730. The molecule has 0 unspecified atom stereocenters. The van der Waals surface area contributed by atoms with E-state index in [1.807, 2.05) is 0 Å². The summed E-state index contributed by atoms with van der Waals surface area (Å²) in [5.41, 5.74) is 1.10. The molecule has 2 rings (SSSR count). The third-order valence-corrected chi connectivity index (χ3v) is 4.70. The SMILES string of the molecule is Cc1ccsc1C(=O)OCC(=O)Nc1cc(Cl)c(Cl)cc1Cl. The van der Waals surface area contributed by atoms with E-state index in [2.05, 4.69) is 5.32 Å². The molecular weight excluding hydrogens is 369 g/mol. The van der Waals surface area contributed by atoms with E-state index in [4.69, 9.17) is 39.5 Å². The summed E-state index contributed by atoms with van der Waals surface area (Å²) >= 11 is 18.9. The average molecular weight is 379 g/mol. The Kier molecular flexibility index (Phi) is 5.69. The van der Waals surface area contributed by atoms with Crippen LogP contribution < -0.4 is 5.32 Å². The van der Waals surface area contributed by atoms with Gasteiger partial charge in [0.1, 0.15) is 4.88 Å². The van der Waals surface area contributed by atoms with E-state index in [0.29, 0.717) is 10.6 Å². The highest BCUT2D eigenvalue weighted by Gasteiger charge is 2.15. The van der Waals surface area contributed by atoms with Crippen molar-refractivity contribution in [2.24, 2.45) is 0 Å². The number of carbonyl (C=O) groups is 2. The highest BCUT2D eigenvalue weighted by molar-refractivity contribution is 7.12. The molecule has 1 N–H and O–H groups in total. The lowest BCUT2D eigenvalue weighted by atomic mass is 10.3. The maximum absolute atomic E-state index is 11.8. The Hall–Kier alpha value is -1.27. The van der Waals surface area contributed by atoms with Crippen LogP contribution in [0.3, 0.4) is 0 Å². The largest absolute Gasteiger partial charge is 0.451 e. The Labute approximate surface area is 145 Å². The highest BCUT2D eigenvalue weighted by atomic mass is 35.5. The second-order valence-corrected chi connectivity index (χ2v) is 6.44. The molecule has 0 atom stereocenters. The third kappa shape index (κ3) is 4.14. The van der Waals surface area contributed by atoms with Gasteiger partial charge in [0.15, 0.2) is 6.61 Å². The van der Waals surface area contributed by atoms with Crippen LogP contribution in [0, 0.1) is 6.92 Å². The summed E-state index contributed by atoms with van der Waals surface area (Å²) < 4.78 is 4.95. The van der Waals surface area contributed by atoms with Crippen molar-refractivity contribution in [3.63, 3.8) is 0 Å². The van der Waals surface area contributed by atoms with Crippen LogP contribution in [-0.2, 0) is 9.53 Å². The van der Waals surface area contributed by atoms with Gasteiger partial charge in [-0.2, -0.15) is 0 Å². The van der Waals surface area contributed by atoms with Gasteiger partial charge in [-0.1, -0.05) is 34.8 Å². The van der Waals surface area contributed by atoms with Crippen molar-refractivity contribution < 1.29 is 14.3 Å². The molecule has 116 valence electrons. The van der Waals surface area contributed by atoms with Crippen LogP contribution >= 0.6 is 46.1 Å². The van der Waals surface area contributed by atoms with Crippen molar-refractivity contribution in [1.82, 2.24) is 0 Å². The van der Waals surface area contributed by atoms with Crippen molar-refractivity contribution >= 4 is 63.7 Å². The van der Waals surface area contributed by atoms with Crippen LogP contribution in [0.25, 0.3) is 0 Å². The summed E-state index contributed by atoms with van der Waals surface area (Å²) in [5, 5.41) is 5.06. The molecule has 0 fully saturated rings. The molecule has 22 heavy (non-hydrogen) atoms. The van der Waals surface area contributed by atoms with Gasteiger partial charge in [-0.05, 0) is 36.1 Å². The maximum atomic E-state index is 11.8. The number of hydrogen-bond donors (Lipinski definition) is 1. The minimum Gasteiger partial charge on any atom is -0.451 e. The first-order valence-electron chi connectivity index (χ1n) is 6.04. The van der Waals surface area contributed by atoms with E-state index >= 15 is 0 Å². The molecule has 1 amide bonds. The summed E-state index contributed by atoms with van der Waals surface area (Å²) in [5.74, 6) is -1.06. The quantitative estimate of drug-likeness (QED) is 0.613. The van der Waals surface area contributed by atoms with Gasteiger partial charge in [0, 0.05) is 0 Å². The number of halogens is 3. The first-order valence-corrected chi connectivity index (χ1v) is 8.05. The summed E-state index contributed by atoms with van der Waals surface area (Å²) in [4.78, 5) is 24.1. The van der Waals surface area contributed by atoms with E-state index in [-0.39, 0.29) is 15.1 Å². The van der Waals surface area contributed by atoms with Gasteiger partial charge in [0.05, 0.1) is 20.8 Å². The number of hydrogen-bond acceptors (Lipinski definition) is 4. The number of aryl methyl sites for hydroxylation is 1. The van der Waals surface area contributed by atoms with Crippen LogP contribution in [0.15, 0.2) is 23.6 Å². The summed E-state index contributed by atoms with van der Waals surface area (Å²) in [6.45, 7) is 1.37. The number of anilines is 1. The molecule has 0 aliphatic heterocycles. The number of amides is 1. The molecule has 4 nitrogen and oxygen atoms in total. The predicted octanol–water partition coefficient (Wildman–Crippen LogP) is 4.81. The number of rotatable bonds is 4. The molecule has 1 aromatic carbocycles. The molecule has 0 spiro atoms. The van der Waals surface area contributed by atoms with Gasteiger partial charge in [-0.3, -0.25) is 4.79 Å². The molecule has 0 aliphatic carbocycles. The second-order valence-electron chi connectivity index (χ2n) is 4.30. The molecular formula is C14H10Cl3NO3S. The topological polar surface area (TPSA) is 55.4 Å². The Balaban J connectivity index is 1.95. The van der Waals surface area contributed by atoms with E-state index < -0.39 is 18.5 Å². The summed E-state index contributed by atoms with van der Waals surface area (Å²) in [6, 6.07) is 4.65. The van der Waals surface area contributed by atoms with Gasteiger partial charge in [-0.25, -0.2) is 4.79 Å². The number of carbonyl (C=O) groups excluding carboxylic acids is 2. The Morgan fingerprint density at radius 1 is 1.18 bits per heavy atom. The summed E-state index contributed by atoms with van der Waals surface area (Å²) in [7, 11) is 0. The lowest BCUT2D eigenvalue weighted by Crippen LogP contribution is -2.21.